The summed E-state index contributed by atoms with van der Waals surface area (Å²) in [6.45, 7) is 3.22. The Morgan fingerprint density at radius 2 is 2.35 bits per heavy atom. The molecule has 0 aliphatic carbocycles. The number of nitrogens with zero attached hydrogens (tertiary/aromatic N) is 3. The minimum atomic E-state index is -0.0540. The van der Waals surface area contributed by atoms with E-state index in [1.165, 1.54) is 0 Å². The summed E-state index contributed by atoms with van der Waals surface area (Å²) >= 11 is 0. The number of hydrogen-bond donors (Lipinski definition) is 1. The first-order valence-corrected chi connectivity index (χ1v) is 5.57. The highest BCUT2D eigenvalue weighted by Crippen LogP contribution is 2.21. The average Bonchev–Trinajstić information content (AvgIpc) is 2.74. The van der Waals surface area contributed by atoms with Gasteiger partial charge in [0.2, 0.25) is 0 Å². The molecular formula is C13H15N3O. The number of aromatic nitrogens is 2. The first-order valence-electron chi connectivity index (χ1n) is 5.57. The van der Waals surface area contributed by atoms with Crippen LogP contribution in [0.2, 0.25) is 0 Å². The van der Waals surface area contributed by atoms with Crippen LogP contribution in [0.15, 0.2) is 24.4 Å². The van der Waals surface area contributed by atoms with Crippen LogP contribution in [0.25, 0.3) is 5.65 Å². The summed E-state index contributed by atoms with van der Waals surface area (Å²) in [6, 6.07) is 5.74. The Bertz CT molecular complexity index is 553. The van der Waals surface area contributed by atoms with E-state index in [1.54, 1.807) is 0 Å². The lowest BCUT2D eigenvalue weighted by molar-refractivity contribution is 0.276. The molecule has 0 saturated heterocycles. The molecule has 1 N–H and O–H groups in total. The zero-order chi connectivity index (χ0) is 12.3. The second-order valence-corrected chi connectivity index (χ2v) is 3.69. The van der Waals surface area contributed by atoms with Gasteiger partial charge in [-0.3, -0.25) is 4.40 Å². The van der Waals surface area contributed by atoms with E-state index < -0.39 is 0 Å². The van der Waals surface area contributed by atoms with Crippen molar-refractivity contribution >= 4 is 11.5 Å². The Morgan fingerprint density at radius 3 is 3.00 bits per heavy atom. The summed E-state index contributed by atoms with van der Waals surface area (Å²) in [5.74, 6) is 3.37. The molecule has 0 unspecified atom stereocenters. The smallest absolute Gasteiger partial charge is 0.154 e. The second-order valence-electron chi connectivity index (χ2n) is 3.69. The maximum Gasteiger partial charge on any atom is 0.154 e. The van der Waals surface area contributed by atoms with Crippen molar-refractivity contribution in [2.45, 2.75) is 13.5 Å². The molecule has 17 heavy (non-hydrogen) atoms. The van der Waals surface area contributed by atoms with Crippen LogP contribution in [0, 0.1) is 12.3 Å². The van der Waals surface area contributed by atoms with Crippen LogP contribution >= 0.6 is 0 Å². The largest absolute Gasteiger partial charge is 0.390 e. The molecule has 0 amide bonds. The third-order valence-corrected chi connectivity index (χ3v) is 2.72. The summed E-state index contributed by atoms with van der Waals surface area (Å²) in [5, 5.41) is 9.48. The monoisotopic (exact) mass is 229 g/mol. The lowest BCUT2D eigenvalue weighted by atomic mass is 10.4. The molecule has 88 valence electrons. The van der Waals surface area contributed by atoms with Gasteiger partial charge in [-0.1, -0.05) is 12.0 Å². The Morgan fingerprint density at radius 1 is 1.53 bits per heavy atom. The maximum absolute atomic E-state index is 9.48. The Balaban J connectivity index is 2.56. The molecule has 0 radical (unpaired) electrons. The highest BCUT2D eigenvalue weighted by atomic mass is 16.3. The molecule has 4 nitrogen and oxygen atoms in total. The highest BCUT2D eigenvalue weighted by molar-refractivity contribution is 5.56. The molecule has 0 bridgehead atoms. The van der Waals surface area contributed by atoms with Gasteiger partial charge in [0.15, 0.2) is 5.82 Å². The Hall–Kier alpha value is -1.99. The number of terminal acetylenes is 1. The van der Waals surface area contributed by atoms with E-state index in [4.69, 9.17) is 6.42 Å². The highest BCUT2D eigenvalue weighted by Gasteiger charge is 2.15. The molecule has 0 aliphatic heterocycles. The van der Waals surface area contributed by atoms with E-state index in [2.05, 4.69) is 10.9 Å². The van der Waals surface area contributed by atoms with Crippen molar-refractivity contribution in [2.24, 2.45) is 0 Å². The van der Waals surface area contributed by atoms with E-state index in [0.29, 0.717) is 6.54 Å². The van der Waals surface area contributed by atoms with Gasteiger partial charge in [-0.15, -0.1) is 6.42 Å². The number of pyridine rings is 1. The molecule has 4 heteroatoms. The first-order chi connectivity index (χ1) is 8.31. The van der Waals surface area contributed by atoms with Crippen molar-refractivity contribution in [2.75, 3.05) is 18.0 Å². The minimum Gasteiger partial charge on any atom is -0.390 e. The van der Waals surface area contributed by atoms with Crippen molar-refractivity contribution in [1.29, 1.82) is 0 Å². The standard InChI is InChI=1S/C13H15N3O/c1-3-8-15(4-2)13-11(10-17)16-9-6-5-7-12(16)14-13/h1,5-7,9,17H,4,8,10H2,2H3. The predicted octanol–water partition coefficient (Wildman–Crippen LogP) is 1.29. The Labute approximate surface area is 101 Å². The predicted molar refractivity (Wildman–Crippen MR) is 67.8 cm³/mol. The molecule has 0 atom stereocenters. The molecule has 2 aromatic heterocycles. The third-order valence-electron chi connectivity index (χ3n) is 2.72. The quantitative estimate of drug-likeness (QED) is 0.803. The zero-order valence-electron chi connectivity index (χ0n) is 9.80. The number of rotatable bonds is 4. The summed E-state index contributed by atoms with van der Waals surface area (Å²) in [4.78, 5) is 6.48. The topological polar surface area (TPSA) is 40.8 Å². The molecule has 0 spiro atoms. The van der Waals surface area contributed by atoms with Crippen LogP contribution in [-0.2, 0) is 6.61 Å². The van der Waals surface area contributed by atoms with Crippen LogP contribution in [0.1, 0.15) is 12.6 Å². The number of aliphatic hydroxyl groups excluding tert-OH is 1. The number of aliphatic hydroxyl groups is 1. The van der Waals surface area contributed by atoms with Crippen molar-refractivity contribution in [1.82, 2.24) is 9.38 Å². The third kappa shape index (κ3) is 1.97. The lowest BCUT2D eigenvalue weighted by Crippen LogP contribution is -2.24. The Kier molecular flexibility index (Phi) is 3.31. The fourth-order valence-corrected chi connectivity index (χ4v) is 1.88. The van der Waals surface area contributed by atoms with Gasteiger partial charge in [-0.2, -0.15) is 0 Å². The molecule has 0 fully saturated rings. The maximum atomic E-state index is 9.48. The van der Waals surface area contributed by atoms with Crippen LogP contribution < -0.4 is 4.90 Å². The van der Waals surface area contributed by atoms with Crippen LogP contribution in [-0.4, -0.2) is 27.6 Å². The minimum absolute atomic E-state index is 0.0540. The molecule has 0 aromatic carbocycles. The van der Waals surface area contributed by atoms with Gasteiger partial charge < -0.3 is 10.0 Å². The first kappa shape index (κ1) is 11.5. The van der Waals surface area contributed by atoms with Crippen molar-refractivity contribution in [3.05, 3.63) is 30.1 Å². The number of hydrogen-bond acceptors (Lipinski definition) is 3. The summed E-state index contributed by atoms with van der Waals surface area (Å²) in [7, 11) is 0. The molecule has 0 saturated carbocycles. The van der Waals surface area contributed by atoms with Crippen LogP contribution in [0.3, 0.4) is 0 Å². The number of imidazole rings is 1. The lowest BCUT2D eigenvalue weighted by Gasteiger charge is -2.18. The average molecular weight is 229 g/mol. The molecule has 2 rings (SSSR count). The molecule has 2 heterocycles. The van der Waals surface area contributed by atoms with Crippen molar-refractivity contribution in [3.63, 3.8) is 0 Å². The van der Waals surface area contributed by atoms with Crippen LogP contribution in [0.5, 0.6) is 0 Å². The van der Waals surface area contributed by atoms with Gasteiger partial charge in [0.1, 0.15) is 5.65 Å². The van der Waals surface area contributed by atoms with E-state index in [9.17, 15) is 5.11 Å². The fourth-order valence-electron chi connectivity index (χ4n) is 1.88. The van der Waals surface area contributed by atoms with Crippen molar-refractivity contribution < 1.29 is 5.11 Å². The second kappa shape index (κ2) is 4.89. The van der Waals surface area contributed by atoms with Gasteiger partial charge in [0, 0.05) is 12.7 Å². The van der Waals surface area contributed by atoms with Gasteiger partial charge in [-0.05, 0) is 19.1 Å². The summed E-state index contributed by atoms with van der Waals surface area (Å²) < 4.78 is 1.88. The summed E-state index contributed by atoms with van der Waals surface area (Å²) in [5.41, 5.74) is 1.60. The van der Waals surface area contributed by atoms with E-state index >= 15 is 0 Å². The van der Waals surface area contributed by atoms with Crippen LogP contribution in [0.4, 0.5) is 5.82 Å². The summed E-state index contributed by atoms with van der Waals surface area (Å²) in [6.07, 6.45) is 7.23. The fraction of sp³-hybridized carbons (Fsp3) is 0.308. The SMILES string of the molecule is C#CCN(CC)c1nc2ccccn2c1CO. The normalized spacial score (nSPS) is 10.4. The van der Waals surface area contributed by atoms with E-state index in [0.717, 1.165) is 23.7 Å². The van der Waals surface area contributed by atoms with Crippen molar-refractivity contribution in [3.8, 4) is 12.3 Å². The zero-order valence-corrected chi connectivity index (χ0v) is 9.80. The van der Waals surface area contributed by atoms with Gasteiger partial charge in [-0.25, -0.2) is 4.98 Å². The molecule has 0 aliphatic rings. The van der Waals surface area contributed by atoms with Gasteiger partial charge >= 0.3 is 0 Å². The number of anilines is 1. The molecule has 2 aromatic rings. The van der Waals surface area contributed by atoms with E-state index in [-0.39, 0.29) is 6.61 Å². The number of fused-ring (bicyclic) bond motifs is 1. The van der Waals surface area contributed by atoms with Gasteiger partial charge in [0.05, 0.1) is 18.8 Å². The van der Waals surface area contributed by atoms with E-state index in [1.807, 2.05) is 40.6 Å². The molecular weight excluding hydrogens is 214 g/mol. The van der Waals surface area contributed by atoms with Gasteiger partial charge in [0.25, 0.3) is 0 Å².